The molecule has 5 heteroatoms. The third-order valence-corrected chi connectivity index (χ3v) is 5.30. The molecule has 0 unspecified atom stereocenters. The van der Waals surface area contributed by atoms with Gasteiger partial charge in [0.2, 0.25) is 10.0 Å². The highest BCUT2D eigenvalue weighted by Gasteiger charge is 2.31. The van der Waals surface area contributed by atoms with Crippen LogP contribution in [0, 0.1) is 5.92 Å². The fourth-order valence-electron chi connectivity index (χ4n) is 2.54. The fourth-order valence-corrected chi connectivity index (χ4v) is 4.36. The molecule has 0 bridgehead atoms. The molecule has 0 aliphatic heterocycles. The van der Waals surface area contributed by atoms with E-state index in [9.17, 15) is 8.42 Å². The summed E-state index contributed by atoms with van der Waals surface area (Å²) in [7, 11) is -3.10. The van der Waals surface area contributed by atoms with E-state index in [4.69, 9.17) is 0 Å². The van der Waals surface area contributed by atoms with Gasteiger partial charge in [-0.2, -0.15) is 4.31 Å². The Labute approximate surface area is 112 Å². The molecule has 1 aliphatic rings. The number of nitrogens with zero attached hydrogens (tertiary/aromatic N) is 1. The first-order chi connectivity index (χ1) is 8.47. The van der Waals surface area contributed by atoms with Crippen LogP contribution in [-0.4, -0.2) is 44.2 Å². The molecule has 0 amide bonds. The molecular weight excluding hydrogens is 248 g/mol. The van der Waals surface area contributed by atoms with E-state index in [2.05, 4.69) is 19.2 Å². The Balaban J connectivity index is 2.67. The Bertz CT molecular complexity index is 322. The third kappa shape index (κ3) is 4.86. The molecule has 0 aromatic carbocycles. The van der Waals surface area contributed by atoms with Gasteiger partial charge in [-0.1, -0.05) is 33.6 Å². The summed E-state index contributed by atoms with van der Waals surface area (Å²) in [5.74, 6) is 0.615. The highest BCUT2D eigenvalue weighted by Crippen LogP contribution is 2.26. The third-order valence-electron chi connectivity index (χ3n) is 3.42. The van der Waals surface area contributed by atoms with Crippen LogP contribution < -0.4 is 5.32 Å². The molecule has 1 rings (SSSR count). The van der Waals surface area contributed by atoms with Crippen LogP contribution in [0.15, 0.2) is 0 Å². The van der Waals surface area contributed by atoms with Gasteiger partial charge in [0.1, 0.15) is 0 Å². The van der Waals surface area contributed by atoms with Crippen molar-refractivity contribution in [3.05, 3.63) is 0 Å². The zero-order valence-corrected chi connectivity index (χ0v) is 12.8. The zero-order chi connectivity index (χ0) is 13.6. The van der Waals surface area contributed by atoms with Crippen molar-refractivity contribution in [2.45, 2.75) is 52.5 Å². The minimum atomic E-state index is -3.10. The average molecular weight is 276 g/mol. The molecule has 0 spiro atoms. The second-order valence-corrected chi connectivity index (χ2v) is 7.61. The Morgan fingerprint density at radius 2 is 1.89 bits per heavy atom. The van der Waals surface area contributed by atoms with Crippen molar-refractivity contribution in [1.29, 1.82) is 0 Å². The molecule has 1 N–H and O–H groups in total. The van der Waals surface area contributed by atoms with Crippen LogP contribution in [-0.2, 0) is 10.0 Å². The second kappa shape index (κ2) is 7.46. The highest BCUT2D eigenvalue weighted by molar-refractivity contribution is 7.89. The van der Waals surface area contributed by atoms with Crippen molar-refractivity contribution < 1.29 is 8.42 Å². The Kier molecular flexibility index (Phi) is 6.60. The lowest BCUT2D eigenvalue weighted by Gasteiger charge is -2.29. The van der Waals surface area contributed by atoms with E-state index in [1.807, 2.05) is 6.92 Å². The van der Waals surface area contributed by atoms with Gasteiger partial charge in [0, 0.05) is 19.1 Å². The van der Waals surface area contributed by atoms with Crippen LogP contribution in [0.5, 0.6) is 0 Å². The van der Waals surface area contributed by atoms with Crippen LogP contribution in [0.4, 0.5) is 0 Å². The predicted molar refractivity (Wildman–Crippen MR) is 76.1 cm³/mol. The van der Waals surface area contributed by atoms with E-state index in [1.54, 1.807) is 4.31 Å². The smallest absolute Gasteiger partial charge is 0.215 e. The molecule has 1 aliphatic carbocycles. The van der Waals surface area contributed by atoms with Gasteiger partial charge in [0.25, 0.3) is 0 Å². The monoisotopic (exact) mass is 276 g/mol. The van der Waals surface area contributed by atoms with E-state index in [1.165, 1.54) is 12.8 Å². The maximum absolute atomic E-state index is 12.4. The first-order valence-corrected chi connectivity index (χ1v) is 8.78. The summed E-state index contributed by atoms with van der Waals surface area (Å²) in [6.07, 6.45) is 4.41. The minimum absolute atomic E-state index is 0.226. The summed E-state index contributed by atoms with van der Waals surface area (Å²) in [6.45, 7) is 8.21. The first kappa shape index (κ1) is 15.9. The number of hydrogen-bond acceptors (Lipinski definition) is 3. The van der Waals surface area contributed by atoms with Gasteiger partial charge in [0.15, 0.2) is 0 Å². The van der Waals surface area contributed by atoms with E-state index in [0.29, 0.717) is 19.0 Å². The standard InChI is InChI=1S/C13H28N2O2S/c1-4-14-9-10-18(16,17)15(11-12(2)3)13-7-5-6-8-13/h12-14H,4-11H2,1-3H3. The van der Waals surface area contributed by atoms with Gasteiger partial charge in [-0.3, -0.25) is 0 Å². The van der Waals surface area contributed by atoms with E-state index in [-0.39, 0.29) is 11.8 Å². The van der Waals surface area contributed by atoms with Crippen LogP contribution in [0.25, 0.3) is 0 Å². The zero-order valence-electron chi connectivity index (χ0n) is 12.0. The lowest BCUT2D eigenvalue weighted by atomic mass is 10.2. The topological polar surface area (TPSA) is 49.4 Å². The van der Waals surface area contributed by atoms with Crippen molar-refractivity contribution in [2.24, 2.45) is 5.92 Å². The van der Waals surface area contributed by atoms with E-state index < -0.39 is 10.0 Å². The maximum Gasteiger partial charge on any atom is 0.215 e. The largest absolute Gasteiger partial charge is 0.316 e. The van der Waals surface area contributed by atoms with Gasteiger partial charge in [-0.25, -0.2) is 8.42 Å². The van der Waals surface area contributed by atoms with Crippen LogP contribution in [0.3, 0.4) is 0 Å². The Morgan fingerprint density at radius 3 is 2.39 bits per heavy atom. The van der Waals surface area contributed by atoms with Gasteiger partial charge in [-0.15, -0.1) is 0 Å². The maximum atomic E-state index is 12.4. The SMILES string of the molecule is CCNCCS(=O)(=O)N(CC(C)C)C1CCCC1. The van der Waals surface area contributed by atoms with Crippen LogP contribution >= 0.6 is 0 Å². The Morgan fingerprint density at radius 1 is 1.28 bits per heavy atom. The number of rotatable bonds is 8. The average Bonchev–Trinajstić information content (AvgIpc) is 2.78. The number of hydrogen-bond donors (Lipinski definition) is 1. The lowest BCUT2D eigenvalue weighted by molar-refractivity contribution is 0.292. The van der Waals surface area contributed by atoms with Crippen LogP contribution in [0.2, 0.25) is 0 Å². The Hall–Kier alpha value is -0.130. The predicted octanol–water partition coefficient (Wildman–Crippen LogP) is 1.83. The number of nitrogens with one attached hydrogen (secondary N) is 1. The van der Waals surface area contributed by atoms with Crippen molar-refractivity contribution >= 4 is 10.0 Å². The molecule has 4 nitrogen and oxygen atoms in total. The van der Waals surface area contributed by atoms with Gasteiger partial charge < -0.3 is 5.32 Å². The van der Waals surface area contributed by atoms with Gasteiger partial charge in [0.05, 0.1) is 5.75 Å². The molecule has 0 aromatic rings. The summed E-state index contributed by atoms with van der Waals surface area (Å²) in [5, 5.41) is 3.10. The summed E-state index contributed by atoms with van der Waals surface area (Å²) in [6, 6.07) is 0.249. The molecule has 108 valence electrons. The molecule has 1 fully saturated rings. The van der Waals surface area contributed by atoms with Crippen LogP contribution in [0.1, 0.15) is 46.5 Å². The summed E-state index contributed by atoms with van der Waals surface area (Å²) in [5.41, 5.74) is 0. The van der Waals surface area contributed by atoms with E-state index in [0.717, 1.165) is 19.4 Å². The number of sulfonamides is 1. The fraction of sp³-hybridized carbons (Fsp3) is 1.00. The highest BCUT2D eigenvalue weighted by atomic mass is 32.2. The van der Waals surface area contributed by atoms with Crippen molar-refractivity contribution in [1.82, 2.24) is 9.62 Å². The molecule has 1 saturated carbocycles. The minimum Gasteiger partial charge on any atom is -0.316 e. The van der Waals surface area contributed by atoms with Crippen molar-refractivity contribution in [3.8, 4) is 0 Å². The molecule has 0 atom stereocenters. The summed E-state index contributed by atoms with van der Waals surface area (Å²) in [4.78, 5) is 0. The quantitative estimate of drug-likeness (QED) is 0.688. The lowest BCUT2D eigenvalue weighted by Crippen LogP contribution is -2.44. The summed E-state index contributed by atoms with van der Waals surface area (Å²) >= 11 is 0. The molecule has 0 radical (unpaired) electrons. The van der Waals surface area contributed by atoms with Crippen molar-refractivity contribution in [2.75, 3.05) is 25.4 Å². The van der Waals surface area contributed by atoms with Gasteiger partial charge in [-0.05, 0) is 25.3 Å². The van der Waals surface area contributed by atoms with Gasteiger partial charge >= 0.3 is 0 Å². The van der Waals surface area contributed by atoms with Crippen molar-refractivity contribution in [3.63, 3.8) is 0 Å². The second-order valence-electron chi connectivity index (χ2n) is 5.57. The molecule has 0 heterocycles. The first-order valence-electron chi connectivity index (χ1n) is 7.17. The van der Waals surface area contributed by atoms with E-state index >= 15 is 0 Å². The molecule has 18 heavy (non-hydrogen) atoms. The molecule has 0 saturated heterocycles. The normalized spacial score (nSPS) is 18.1. The molecular formula is C13H28N2O2S. The molecule has 0 aromatic heterocycles. The summed E-state index contributed by atoms with van der Waals surface area (Å²) < 4.78 is 26.6.